The highest BCUT2D eigenvalue weighted by atomic mass is 32.1. The molecule has 0 unspecified atom stereocenters. The fraction of sp³-hybridized carbons (Fsp3) is 0.0149. The number of benzene rings is 12. The lowest BCUT2D eigenvalue weighted by Gasteiger charge is -2.35. The van der Waals surface area contributed by atoms with Gasteiger partial charge in [0.15, 0.2) is 0 Å². The molecule has 69 heavy (non-hydrogen) atoms. The third kappa shape index (κ3) is 5.96. The predicted molar refractivity (Wildman–Crippen MR) is 295 cm³/mol. The molecule has 1 heterocycles. The molecule has 13 aromatic rings. The van der Waals surface area contributed by atoms with E-state index in [1.54, 1.807) is 0 Å². The Morgan fingerprint density at radius 1 is 0.304 bits per heavy atom. The molecule has 0 fully saturated rings. The third-order valence-electron chi connectivity index (χ3n) is 14.7. The van der Waals surface area contributed by atoms with E-state index in [2.05, 4.69) is 266 Å². The van der Waals surface area contributed by atoms with Crippen molar-refractivity contribution in [3.63, 3.8) is 0 Å². The van der Waals surface area contributed by atoms with Crippen molar-refractivity contribution in [2.45, 2.75) is 5.41 Å². The van der Waals surface area contributed by atoms with Crippen molar-refractivity contribution in [3.05, 3.63) is 283 Å². The zero-order valence-electron chi connectivity index (χ0n) is 37.7. The molecule has 0 atom stereocenters. The molecular formula is C67H43NS. The Morgan fingerprint density at radius 2 is 0.783 bits per heavy atom. The second-order valence-corrected chi connectivity index (χ2v) is 19.3. The fourth-order valence-corrected chi connectivity index (χ4v) is 13.1. The normalized spacial score (nSPS) is 12.8. The van der Waals surface area contributed by atoms with Gasteiger partial charge in [-0.25, -0.2) is 0 Å². The molecule has 0 saturated heterocycles. The maximum Gasteiger partial charge on any atom is 0.0713 e. The number of anilines is 3. The molecule has 0 saturated carbocycles. The van der Waals surface area contributed by atoms with Crippen LogP contribution in [0.2, 0.25) is 0 Å². The van der Waals surface area contributed by atoms with Crippen LogP contribution in [-0.4, -0.2) is 0 Å². The minimum atomic E-state index is -0.503. The van der Waals surface area contributed by atoms with Crippen LogP contribution in [0.3, 0.4) is 0 Å². The molecule has 12 aromatic carbocycles. The van der Waals surface area contributed by atoms with Gasteiger partial charge in [0, 0.05) is 42.5 Å². The summed E-state index contributed by atoms with van der Waals surface area (Å²) in [4.78, 5) is 2.53. The number of thiophene rings is 1. The number of nitrogens with zero attached hydrogens (tertiary/aromatic N) is 1. The Morgan fingerprint density at radius 3 is 1.51 bits per heavy atom. The molecule has 0 spiro atoms. The van der Waals surface area contributed by atoms with Gasteiger partial charge in [0.2, 0.25) is 0 Å². The van der Waals surface area contributed by atoms with Crippen molar-refractivity contribution >= 4 is 80.9 Å². The summed E-state index contributed by atoms with van der Waals surface area (Å²) in [7, 11) is 0. The summed E-state index contributed by atoms with van der Waals surface area (Å²) in [5.41, 5.74) is 15.4. The first kappa shape index (κ1) is 39.6. The molecule has 322 valence electrons. The summed E-state index contributed by atoms with van der Waals surface area (Å²) in [5, 5.41) is 9.95. The Bertz CT molecular complexity index is 4080. The first-order valence-corrected chi connectivity index (χ1v) is 24.7. The van der Waals surface area contributed by atoms with Gasteiger partial charge in [0.1, 0.15) is 0 Å². The fourth-order valence-electron chi connectivity index (χ4n) is 11.8. The number of fused-ring (bicyclic) bond motifs is 10. The van der Waals surface area contributed by atoms with Crippen LogP contribution in [0.4, 0.5) is 17.1 Å². The van der Waals surface area contributed by atoms with E-state index in [-0.39, 0.29) is 0 Å². The molecule has 1 aliphatic carbocycles. The topological polar surface area (TPSA) is 3.24 Å². The van der Waals surface area contributed by atoms with Crippen LogP contribution in [-0.2, 0) is 5.41 Å². The summed E-state index contributed by atoms with van der Waals surface area (Å²) in [6, 6.07) is 97.0. The van der Waals surface area contributed by atoms with Gasteiger partial charge >= 0.3 is 0 Å². The van der Waals surface area contributed by atoms with Crippen molar-refractivity contribution in [2.75, 3.05) is 4.90 Å². The lowest BCUT2D eigenvalue weighted by molar-refractivity contribution is 0.768. The van der Waals surface area contributed by atoms with E-state index in [0.29, 0.717) is 0 Å². The molecular weight excluding hydrogens is 851 g/mol. The van der Waals surface area contributed by atoms with Gasteiger partial charge in [-0.15, -0.1) is 11.3 Å². The molecule has 0 aliphatic heterocycles. The van der Waals surface area contributed by atoms with Crippen LogP contribution in [0, 0.1) is 0 Å². The van der Waals surface area contributed by atoms with Crippen molar-refractivity contribution in [1.82, 2.24) is 0 Å². The molecule has 1 nitrogen and oxygen atoms in total. The van der Waals surface area contributed by atoms with E-state index in [9.17, 15) is 0 Å². The number of hydrogen-bond donors (Lipinski definition) is 0. The average molecular weight is 894 g/mol. The van der Waals surface area contributed by atoms with Crippen molar-refractivity contribution < 1.29 is 0 Å². The van der Waals surface area contributed by atoms with E-state index in [1.807, 2.05) is 11.3 Å². The molecule has 1 aliphatic rings. The summed E-state index contributed by atoms with van der Waals surface area (Å²) < 4.78 is 2.63. The molecule has 0 bridgehead atoms. The van der Waals surface area contributed by atoms with Crippen LogP contribution in [0.5, 0.6) is 0 Å². The van der Waals surface area contributed by atoms with E-state index in [0.717, 1.165) is 17.1 Å². The first-order valence-electron chi connectivity index (χ1n) is 23.8. The summed E-state index contributed by atoms with van der Waals surface area (Å²) in [6.07, 6.45) is 0. The SMILES string of the molecule is c1ccc(C2(c3ccc(N(c4ccc(-c5cccc6c5sc5ccccc56)cc4)c4c(-c5cccc6ccccc56)c5ccccc5c5ccccc45)cc3)c3ccccc3-c3ccccc32)cc1. The zero-order chi connectivity index (χ0) is 45.5. The van der Waals surface area contributed by atoms with Gasteiger partial charge in [0.25, 0.3) is 0 Å². The second kappa shape index (κ2) is 15.8. The van der Waals surface area contributed by atoms with Gasteiger partial charge in [-0.05, 0) is 107 Å². The van der Waals surface area contributed by atoms with E-state index >= 15 is 0 Å². The Hall–Kier alpha value is -8.56. The van der Waals surface area contributed by atoms with Gasteiger partial charge in [-0.1, -0.05) is 231 Å². The minimum absolute atomic E-state index is 0.503. The smallest absolute Gasteiger partial charge is 0.0713 e. The monoisotopic (exact) mass is 893 g/mol. The molecule has 0 N–H and O–H groups in total. The molecule has 0 amide bonds. The Kier molecular flexibility index (Phi) is 9.05. The maximum atomic E-state index is 2.53. The standard InChI is InChI=1S/C67H43NS/c1-2-20-46(21-3-1)67(61-33-13-10-25-54(61)55-26-11-14-34-62(55)67)47-38-42-49(43-39-47)68(48-40-36-45(37-41-48)51-30-17-32-60-56-27-12-15-35-63(56)69-66(51)60)65-59-29-9-7-24-53(59)52-23-6-8-28-58(52)64(65)57-31-16-19-44-18-4-5-22-50(44)57/h1-43H. The molecule has 2 heteroatoms. The van der Waals surface area contributed by atoms with Crippen LogP contribution in [0.25, 0.3) is 85.9 Å². The Balaban J connectivity index is 1.04. The number of rotatable bonds is 7. The summed E-state index contributed by atoms with van der Waals surface area (Å²) in [6.45, 7) is 0. The lowest BCUT2D eigenvalue weighted by Crippen LogP contribution is -2.28. The highest BCUT2D eigenvalue weighted by Crippen LogP contribution is 2.57. The first-order chi connectivity index (χ1) is 34.3. The summed E-state index contributed by atoms with van der Waals surface area (Å²) in [5.74, 6) is 0. The predicted octanol–water partition coefficient (Wildman–Crippen LogP) is 18.7. The van der Waals surface area contributed by atoms with E-state index < -0.39 is 5.41 Å². The van der Waals surface area contributed by atoms with Crippen molar-refractivity contribution in [1.29, 1.82) is 0 Å². The maximum absolute atomic E-state index is 2.53. The zero-order valence-corrected chi connectivity index (χ0v) is 38.5. The average Bonchev–Trinajstić information content (AvgIpc) is 3.96. The molecule has 1 aromatic heterocycles. The highest BCUT2D eigenvalue weighted by molar-refractivity contribution is 7.26. The summed E-state index contributed by atoms with van der Waals surface area (Å²) >= 11 is 1.88. The molecule has 0 radical (unpaired) electrons. The van der Waals surface area contributed by atoms with Crippen molar-refractivity contribution in [3.8, 4) is 33.4 Å². The van der Waals surface area contributed by atoms with E-state index in [4.69, 9.17) is 0 Å². The van der Waals surface area contributed by atoms with Gasteiger partial charge in [-0.2, -0.15) is 0 Å². The quantitative estimate of drug-likeness (QED) is 0.144. The van der Waals surface area contributed by atoms with Crippen LogP contribution in [0.1, 0.15) is 22.3 Å². The van der Waals surface area contributed by atoms with E-state index in [1.165, 1.54) is 108 Å². The third-order valence-corrected chi connectivity index (χ3v) is 16.0. The molecule has 14 rings (SSSR count). The second-order valence-electron chi connectivity index (χ2n) is 18.3. The minimum Gasteiger partial charge on any atom is -0.309 e. The largest absolute Gasteiger partial charge is 0.309 e. The van der Waals surface area contributed by atoms with Crippen LogP contribution in [0.15, 0.2) is 261 Å². The van der Waals surface area contributed by atoms with Gasteiger partial charge in [0.05, 0.1) is 11.1 Å². The lowest BCUT2D eigenvalue weighted by atomic mass is 9.67. The van der Waals surface area contributed by atoms with Gasteiger partial charge in [-0.3, -0.25) is 0 Å². The van der Waals surface area contributed by atoms with Crippen molar-refractivity contribution in [2.24, 2.45) is 0 Å². The van der Waals surface area contributed by atoms with Crippen LogP contribution >= 0.6 is 11.3 Å². The Labute approximate surface area is 405 Å². The highest BCUT2D eigenvalue weighted by Gasteiger charge is 2.46. The number of hydrogen-bond acceptors (Lipinski definition) is 2. The van der Waals surface area contributed by atoms with Crippen LogP contribution < -0.4 is 4.90 Å². The van der Waals surface area contributed by atoms with Gasteiger partial charge < -0.3 is 4.90 Å².